The van der Waals surface area contributed by atoms with Crippen LogP contribution in [0, 0.1) is 10.1 Å². The van der Waals surface area contributed by atoms with Crippen LogP contribution in [0.3, 0.4) is 0 Å². The van der Waals surface area contributed by atoms with E-state index >= 15 is 0 Å². The predicted molar refractivity (Wildman–Crippen MR) is 100 cm³/mol. The number of allylic oxidation sites excluding steroid dienone is 10. The quantitative estimate of drug-likeness (QED) is 0.135. The summed E-state index contributed by atoms with van der Waals surface area (Å²) in [6, 6.07) is 0. The van der Waals surface area contributed by atoms with Crippen LogP contribution in [-0.4, -0.2) is 11.2 Å². The van der Waals surface area contributed by atoms with Gasteiger partial charge in [0.25, 0.3) is 0 Å². The minimum atomic E-state index is -0.319. The molecule has 0 unspecified atom stereocenters. The number of carbonyl (C=O) groups excluding carboxylic acids is 1. The number of hydrogen-bond acceptors (Lipinski definition) is 3. The molecule has 0 aliphatic heterocycles. The molecule has 0 aromatic carbocycles. The van der Waals surface area contributed by atoms with Gasteiger partial charge in [0, 0.05) is 12.8 Å². The van der Waals surface area contributed by atoms with Crippen molar-refractivity contribution >= 4 is 6.29 Å². The van der Waals surface area contributed by atoms with Crippen molar-refractivity contribution in [3.8, 4) is 0 Å². The maximum atomic E-state index is 10.6. The van der Waals surface area contributed by atoms with Gasteiger partial charge >= 0.3 is 0 Å². The summed E-state index contributed by atoms with van der Waals surface area (Å²) in [5.41, 5.74) is 0.276. The molecular weight excluding hydrogens is 302 g/mol. The van der Waals surface area contributed by atoms with Crippen molar-refractivity contribution in [3.05, 3.63) is 70.5 Å². The van der Waals surface area contributed by atoms with Crippen LogP contribution in [0.15, 0.2) is 60.4 Å². The van der Waals surface area contributed by atoms with E-state index in [4.69, 9.17) is 0 Å². The number of unbranched alkanes of at least 4 members (excludes halogenated alkanes) is 2. The number of aldehydes is 1. The average Bonchev–Trinajstić information content (AvgIpc) is 2.57. The molecule has 0 rings (SSSR count). The van der Waals surface area contributed by atoms with Crippen molar-refractivity contribution in [2.45, 2.75) is 58.3 Å². The summed E-state index contributed by atoms with van der Waals surface area (Å²) in [6.45, 7) is 1.79. The Balaban J connectivity index is 3.68. The monoisotopic (exact) mass is 331 g/mol. The van der Waals surface area contributed by atoms with E-state index in [1.54, 1.807) is 13.0 Å². The molecule has 4 nitrogen and oxygen atoms in total. The maximum Gasteiger partial charge on any atom is 0.242 e. The highest BCUT2D eigenvalue weighted by Gasteiger charge is 2.03. The van der Waals surface area contributed by atoms with Gasteiger partial charge in [0.2, 0.25) is 5.70 Å². The van der Waals surface area contributed by atoms with Crippen molar-refractivity contribution < 1.29 is 9.72 Å². The molecule has 0 saturated carbocycles. The summed E-state index contributed by atoms with van der Waals surface area (Å²) in [7, 11) is 0. The van der Waals surface area contributed by atoms with E-state index in [2.05, 4.69) is 36.5 Å². The zero-order valence-corrected chi connectivity index (χ0v) is 14.6. The Kier molecular flexibility index (Phi) is 15.5. The SMILES string of the molecule is CC/C(=C\C/C=C\C/C=C\C/C=C\C/C=C\CCCC=O)[N+](=O)[O-]. The Morgan fingerprint density at radius 2 is 1.33 bits per heavy atom. The summed E-state index contributed by atoms with van der Waals surface area (Å²) in [5, 5.41) is 10.6. The number of hydrogen-bond donors (Lipinski definition) is 0. The molecule has 0 heterocycles. The van der Waals surface area contributed by atoms with E-state index in [0.717, 1.165) is 38.4 Å². The first kappa shape index (κ1) is 21.8. The summed E-state index contributed by atoms with van der Waals surface area (Å²) in [5.74, 6) is 0. The van der Waals surface area contributed by atoms with Gasteiger partial charge in [-0.25, -0.2) is 0 Å². The molecule has 132 valence electrons. The molecule has 0 atom stereocenters. The van der Waals surface area contributed by atoms with E-state index in [1.807, 2.05) is 12.2 Å². The van der Waals surface area contributed by atoms with Crippen LogP contribution in [0.25, 0.3) is 0 Å². The minimum absolute atomic E-state index is 0.276. The van der Waals surface area contributed by atoms with Crippen molar-refractivity contribution in [1.29, 1.82) is 0 Å². The molecule has 0 spiro atoms. The predicted octanol–water partition coefficient (Wildman–Crippen LogP) is 5.71. The van der Waals surface area contributed by atoms with Crippen LogP contribution in [-0.2, 0) is 4.79 Å². The zero-order valence-electron chi connectivity index (χ0n) is 14.6. The molecule has 24 heavy (non-hydrogen) atoms. The number of rotatable bonds is 14. The lowest BCUT2D eigenvalue weighted by Crippen LogP contribution is -1.96. The third-order valence-electron chi connectivity index (χ3n) is 3.26. The van der Waals surface area contributed by atoms with Gasteiger partial charge in [-0.05, 0) is 44.6 Å². The summed E-state index contributed by atoms with van der Waals surface area (Å²) in [6.07, 6.45) is 25.6. The number of nitrogens with zero attached hydrogens (tertiary/aromatic N) is 1. The van der Waals surface area contributed by atoms with Gasteiger partial charge in [-0.2, -0.15) is 0 Å². The van der Waals surface area contributed by atoms with E-state index in [9.17, 15) is 14.9 Å². The van der Waals surface area contributed by atoms with Crippen LogP contribution >= 0.6 is 0 Å². The summed E-state index contributed by atoms with van der Waals surface area (Å²) >= 11 is 0. The van der Waals surface area contributed by atoms with Crippen molar-refractivity contribution in [2.75, 3.05) is 0 Å². The average molecular weight is 331 g/mol. The van der Waals surface area contributed by atoms with E-state index in [1.165, 1.54) is 0 Å². The van der Waals surface area contributed by atoms with Crippen molar-refractivity contribution in [3.63, 3.8) is 0 Å². The highest BCUT2D eigenvalue weighted by Crippen LogP contribution is 2.03. The fourth-order valence-electron chi connectivity index (χ4n) is 1.90. The van der Waals surface area contributed by atoms with Crippen LogP contribution in [0.4, 0.5) is 0 Å². The Bertz CT molecular complexity index is 485. The Hall–Kier alpha value is -2.23. The molecule has 0 aromatic heterocycles. The number of carbonyl (C=O) groups is 1. The highest BCUT2D eigenvalue weighted by atomic mass is 16.6. The second kappa shape index (κ2) is 17.1. The molecule has 4 heteroatoms. The first-order valence-electron chi connectivity index (χ1n) is 8.59. The molecule has 0 N–H and O–H groups in total. The Labute approximate surface area is 145 Å². The molecule has 0 radical (unpaired) electrons. The highest BCUT2D eigenvalue weighted by molar-refractivity contribution is 5.49. The molecule has 0 aliphatic rings. The van der Waals surface area contributed by atoms with E-state index in [-0.39, 0.29) is 10.6 Å². The lowest BCUT2D eigenvalue weighted by atomic mass is 10.2. The lowest BCUT2D eigenvalue weighted by Gasteiger charge is -1.91. The Morgan fingerprint density at radius 1 is 0.833 bits per heavy atom. The molecule has 0 fully saturated rings. The van der Waals surface area contributed by atoms with Gasteiger partial charge < -0.3 is 4.79 Å². The standard InChI is InChI=1S/C20H29NO3/c1-2-20(21(23)24)18-16-14-12-10-8-6-4-3-5-7-9-11-13-15-17-19-22/h3,5-6,8-9,11-12,14,18-19H,2,4,7,10,13,15-17H2,1H3/b5-3-,8-6-,11-9-,14-12-,20-18+. The maximum absolute atomic E-state index is 10.6. The smallest absolute Gasteiger partial charge is 0.242 e. The van der Waals surface area contributed by atoms with Crippen LogP contribution in [0.2, 0.25) is 0 Å². The van der Waals surface area contributed by atoms with Crippen molar-refractivity contribution in [1.82, 2.24) is 0 Å². The molecular formula is C20H29NO3. The minimum Gasteiger partial charge on any atom is -0.303 e. The normalized spacial score (nSPS) is 13.0. The van der Waals surface area contributed by atoms with Gasteiger partial charge in [0.1, 0.15) is 6.29 Å². The molecule has 0 aliphatic carbocycles. The largest absolute Gasteiger partial charge is 0.303 e. The van der Waals surface area contributed by atoms with Gasteiger partial charge in [-0.3, -0.25) is 10.1 Å². The summed E-state index contributed by atoms with van der Waals surface area (Å²) < 4.78 is 0. The van der Waals surface area contributed by atoms with Crippen LogP contribution < -0.4 is 0 Å². The Morgan fingerprint density at radius 3 is 1.79 bits per heavy atom. The van der Waals surface area contributed by atoms with Gasteiger partial charge in [0.15, 0.2) is 0 Å². The van der Waals surface area contributed by atoms with Crippen LogP contribution in [0.1, 0.15) is 58.3 Å². The zero-order chi connectivity index (χ0) is 17.9. The summed E-state index contributed by atoms with van der Waals surface area (Å²) in [4.78, 5) is 20.4. The molecule has 0 bridgehead atoms. The van der Waals surface area contributed by atoms with E-state index < -0.39 is 0 Å². The van der Waals surface area contributed by atoms with Crippen molar-refractivity contribution in [2.24, 2.45) is 0 Å². The lowest BCUT2D eigenvalue weighted by molar-refractivity contribution is -0.427. The van der Waals surface area contributed by atoms with Gasteiger partial charge in [0.05, 0.1) is 4.92 Å². The molecule has 0 saturated heterocycles. The first-order chi connectivity index (χ1) is 11.7. The second-order valence-electron chi connectivity index (χ2n) is 5.23. The van der Waals surface area contributed by atoms with E-state index in [0.29, 0.717) is 19.3 Å². The second-order valence-corrected chi connectivity index (χ2v) is 5.23. The number of nitro groups is 1. The molecule has 0 amide bonds. The van der Waals surface area contributed by atoms with Gasteiger partial charge in [-0.1, -0.05) is 55.5 Å². The fourth-order valence-corrected chi connectivity index (χ4v) is 1.90. The van der Waals surface area contributed by atoms with Gasteiger partial charge in [-0.15, -0.1) is 0 Å². The van der Waals surface area contributed by atoms with Crippen LogP contribution in [0.5, 0.6) is 0 Å². The first-order valence-corrected chi connectivity index (χ1v) is 8.59. The fraction of sp³-hybridized carbons (Fsp3) is 0.450. The third-order valence-corrected chi connectivity index (χ3v) is 3.26. The third kappa shape index (κ3) is 14.7. The molecule has 0 aromatic rings. The topological polar surface area (TPSA) is 60.2 Å².